The number of nitrogens with zero attached hydrogens (tertiary/aromatic N) is 2. The van der Waals surface area contributed by atoms with Gasteiger partial charge in [-0.1, -0.05) is 29.8 Å². The minimum Gasteiger partial charge on any atom is -0.359 e. The first-order chi connectivity index (χ1) is 13.6. The van der Waals surface area contributed by atoms with Crippen LogP contribution in [-0.4, -0.2) is 29.2 Å². The molecule has 0 spiro atoms. The smallest absolute Gasteiger partial charge is 0.359 e. The highest BCUT2D eigenvalue weighted by atomic mass is 19.4. The number of urea groups is 1. The normalized spacial score (nSPS) is 18.9. The molecule has 29 heavy (non-hydrogen) atoms. The first-order valence-corrected chi connectivity index (χ1v) is 9.12. The Morgan fingerprint density at radius 1 is 1.34 bits per heavy atom. The van der Waals surface area contributed by atoms with Gasteiger partial charge in [-0.2, -0.15) is 13.2 Å². The molecular formula is C20H21F4N3O2. The summed E-state index contributed by atoms with van der Waals surface area (Å²) >= 11 is 0. The third-order valence-electron chi connectivity index (χ3n) is 5.12. The number of anilines is 1. The van der Waals surface area contributed by atoms with Gasteiger partial charge in [-0.05, 0) is 43.9 Å². The Bertz CT molecular complexity index is 950. The lowest BCUT2D eigenvalue weighted by atomic mass is 9.91. The molecule has 1 aromatic carbocycles. The van der Waals surface area contributed by atoms with Crippen LogP contribution in [-0.2, 0) is 6.18 Å². The lowest BCUT2D eigenvalue weighted by Crippen LogP contribution is -2.42. The van der Waals surface area contributed by atoms with Crippen molar-refractivity contribution in [2.75, 3.05) is 18.4 Å². The topological polar surface area (TPSA) is 58.4 Å². The summed E-state index contributed by atoms with van der Waals surface area (Å²) in [6, 6.07) is 2.64. The number of piperidine rings is 1. The van der Waals surface area contributed by atoms with Crippen LogP contribution in [0.2, 0.25) is 0 Å². The monoisotopic (exact) mass is 411 g/mol. The van der Waals surface area contributed by atoms with Gasteiger partial charge in [0.2, 0.25) is 0 Å². The first kappa shape index (κ1) is 20.9. The Morgan fingerprint density at radius 2 is 2.07 bits per heavy atom. The Labute approximate surface area is 165 Å². The van der Waals surface area contributed by atoms with E-state index in [1.807, 2.05) is 6.92 Å². The van der Waals surface area contributed by atoms with Gasteiger partial charge in [-0.3, -0.25) is 5.32 Å². The molecule has 2 amide bonds. The van der Waals surface area contributed by atoms with Crippen LogP contribution in [0.15, 0.2) is 28.3 Å². The van der Waals surface area contributed by atoms with Gasteiger partial charge >= 0.3 is 12.2 Å². The molecule has 1 saturated heterocycles. The van der Waals surface area contributed by atoms with Crippen LogP contribution < -0.4 is 5.32 Å². The molecule has 1 aliphatic rings. The van der Waals surface area contributed by atoms with Crippen molar-refractivity contribution < 1.29 is 26.9 Å². The predicted molar refractivity (Wildman–Crippen MR) is 99.7 cm³/mol. The van der Waals surface area contributed by atoms with E-state index < -0.39 is 17.6 Å². The fraction of sp³-hybridized carbons (Fsp3) is 0.400. The minimum atomic E-state index is -4.75. The molecule has 5 nitrogen and oxygen atoms in total. The number of carbonyl (C=O) groups is 1. The van der Waals surface area contributed by atoms with E-state index in [1.165, 1.54) is 6.07 Å². The summed E-state index contributed by atoms with van der Waals surface area (Å²) in [6.07, 6.45) is -2.60. The van der Waals surface area contributed by atoms with Crippen LogP contribution in [0.25, 0.3) is 6.08 Å². The van der Waals surface area contributed by atoms with Gasteiger partial charge in [0, 0.05) is 18.7 Å². The highest BCUT2D eigenvalue weighted by Crippen LogP contribution is 2.33. The maximum absolute atomic E-state index is 13.5. The summed E-state index contributed by atoms with van der Waals surface area (Å²) < 4.78 is 57.2. The molecule has 0 saturated carbocycles. The molecule has 0 aliphatic carbocycles. The van der Waals surface area contributed by atoms with Crippen molar-refractivity contribution in [3.05, 3.63) is 52.0 Å². The Kier molecular flexibility index (Phi) is 5.68. The number of likely N-dealkylation sites (tertiary alicyclic amines) is 1. The van der Waals surface area contributed by atoms with Crippen molar-refractivity contribution in [1.82, 2.24) is 10.1 Å². The zero-order chi connectivity index (χ0) is 21.3. The fourth-order valence-electron chi connectivity index (χ4n) is 3.23. The van der Waals surface area contributed by atoms with Gasteiger partial charge < -0.3 is 9.42 Å². The van der Waals surface area contributed by atoms with E-state index in [0.29, 0.717) is 31.1 Å². The molecule has 1 fully saturated rings. The molecule has 2 aromatic rings. The van der Waals surface area contributed by atoms with E-state index in [1.54, 1.807) is 24.8 Å². The molecule has 1 aliphatic heterocycles. The van der Waals surface area contributed by atoms with Gasteiger partial charge in [0.15, 0.2) is 5.82 Å². The van der Waals surface area contributed by atoms with E-state index in [9.17, 15) is 22.4 Å². The zero-order valence-electron chi connectivity index (χ0n) is 16.2. The van der Waals surface area contributed by atoms with Crippen LogP contribution in [0.3, 0.4) is 0 Å². The summed E-state index contributed by atoms with van der Waals surface area (Å²) in [5.74, 6) is -0.367. The number of aromatic nitrogens is 1. The maximum atomic E-state index is 13.5. The van der Waals surface area contributed by atoms with Crippen molar-refractivity contribution >= 4 is 17.9 Å². The fourth-order valence-corrected chi connectivity index (χ4v) is 3.23. The van der Waals surface area contributed by atoms with Crippen molar-refractivity contribution in [1.29, 1.82) is 0 Å². The van der Waals surface area contributed by atoms with Crippen molar-refractivity contribution in [2.24, 2.45) is 5.92 Å². The van der Waals surface area contributed by atoms with Crippen LogP contribution >= 0.6 is 0 Å². The highest BCUT2D eigenvalue weighted by Gasteiger charge is 2.34. The SMILES string of the molecule is Cc1onc(NC(=O)N2CC/C(=C\c3ccc(F)c(C(F)(F)F)c3)C(C)C2)c1C. The van der Waals surface area contributed by atoms with Gasteiger partial charge in [-0.15, -0.1) is 0 Å². The molecule has 156 valence electrons. The molecule has 2 heterocycles. The molecule has 3 rings (SSSR count). The number of nitrogens with one attached hydrogen (secondary N) is 1. The van der Waals surface area contributed by atoms with Crippen LogP contribution in [0, 0.1) is 25.6 Å². The number of aryl methyl sites for hydroxylation is 1. The molecule has 1 N–H and O–H groups in total. The molecule has 9 heteroatoms. The second-order valence-electron chi connectivity index (χ2n) is 7.20. The Morgan fingerprint density at radius 3 is 2.66 bits per heavy atom. The van der Waals surface area contributed by atoms with Crippen molar-refractivity contribution in [3.8, 4) is 0 Å². The summed E-state index contributed by atoms with van der Waals surface area (Å²) in [5.41, 5.74) is 0.657. The van der Waals surface area contributed by atoms with Crippen molar-refractivity contribution in [3.63, 3.8) is 0 Å². The predicted octanol–water partition coefficient (Wildman–Crippen LogP) is 5.41. The minimum absolute atomic E-state index is 0.0611. The number of halogens is 4. The molecule has 0 bridgehead atoms. The summed E-state index contributed by atoms with van der Waals surface area (Å²) in [4.78, 5) is 14.1. The van der Waals surface area contributed by atoms with Crippen molar-refractivity contribution in [2.45, 2.75) is 33.4 Å². The standard InChI is InChI=1S/C20H21F4N3O2/c1-11-10-27(19(28)25-18-12(2)13(3)29-26-18)7-6-15(11)8-14-4-5-17(21)16(9-14)20(22,23)24/h4-5,8-9,11H,6-7,10H2,1-3H3,(H,25,26,28)/b15-8+. The number of hydrogen-bond acceptors (Lipinski definition) is 3. The average molecular weight is 411 g/mol. The highest BCUT2D eigenvalue weighted by molar-refractivity contribution is 5.89. The van der Waals surface area contributed by atoms with Gasteiger partial charge in [0.05, 0.1) is 5.56 Å². The number of benzene rings is 1. The Balaban J connectivity index is 1.70. The maximum Gasteiger partial charge on any atom is 0.419 e. The van der Waals surface area contributed by atoms with E-state index in [2.05, 4.69) is 10.5 Å². The number of hydrogen-bond donors (Lipinski definition) is 1. The van der Waals surface area contributed by atoms with Gasteiger partial charge in [0.25, 0.3) is 0 Å². The van der Waals surface area contributed by atoms with Crippen LogP contribution in [0.5, 0.6) is 0 Å². The van der Waals surface area contributed by atoms with E-state index in [-0.39, 0.29) is 17.5 Å². The summed E-state index contributed by atoms with van der Waals surface area (Å²) in [5, 5.41) is 6.52. The first-order valence-electron chi connectivity index (χ1n) is 9.12. The molecule has 1 aromatic heterocycles. The summed E-state index contributed by atoms with van der Waals surface area (Å²) in [7, 11) is 0. The lowest BCUT2D eigenvalue weighted by Gasteiger charge is -2.33. The molecule has 1 atom stereocenters. The van der Waals surface area contributed by atoms with Gasteiger partial charge in [0.1, 0.15) is 11.6 Å². The number of alkyl halides is 3. The second-order valence-corrected chi connectivity index (χ2v) is 7.20. The number of carbonyl (C=O) groups excluding carboxylic acids is 1. The third kappa shape index (κ3) is 4.60. The second kappa shape index (κ2) is 7.88. The molecular weight excluding hydrogens is 390 g/mol. The molecule has 0 radical (unpaired) electrons. The number of amides is 2. The van der Waals surface area contributed by atoms with E-state index >= 15 is 0 Å². The average Bonchev–Trinajstić information content (AvgIpc) is 2.96. The van der Waals surface area contributed by atoms with E-state index in [0.717, 1.165) is 23.3 Å². The quantitative estimate of drug-likeness (QED) is 0.673. The lowest BCUT2D eigenvalue weighted by molar-refractivity contribution is -0.140. The van der Waals surface area contributed by atoms with Gasteiger partial charge in [-0.25, -0.2) is 9.18 Å². The number of rotatable bonds is 2. The largest absolute Gasteiger partial charge is 0.419 e. The van der Waals surface area contributed by atoms with E-state index in [4.69, 9.17) is 4.52 Å². The molecule has 1 unspecified atom stereocenters. The Hall–Kier alpha value is -2.84. The van der Waals surface area contributed by atoms with Crippen LogP contribution in [0.1, 0.15) is 35.8 Å². The zero-order valence-corrected chi connectivity index (χ0v) is 16.2. The summed E-state index contributed by atoms with van der Waals surface area (Å²) in [6.45, 7) is 6.24. The van der Waals surface area contributed by atoms with Crippen LogP contribution in [0.4, 0.5) is 28.2 Å². The third-order valence-corrected chi connectivity index (χ3v) is 5.12.